The lowest BCUT2D eigenvalue weighted by atomic mass is 9.78. The van der Waals surface area contributed by atoms with Crippen molar-refractivity contribution in [2.45, 2.75) is 43.8 Å². The number of benzene rings is 1. The molecule has 2 fully saturated rings. The molecule has 1 amide bonds. The molecule has 0 bridgehead atoms. The Kier molecular flexibility index (Phi) is 4.12. The van der Waals surface area contributed by atoms with E-state index in [4.69, 9.17) is 14.2 Å². The molecule has 6 heteroatoms. The first-order valence-corrected chi connectivity index (χ1v) is 9.02. The molecule has 136 valence electrons. The number of para-hydroxylation sites is 1. The van der Waals surface area contributed by atoms with E-state index in [0.29, 0.717) is 62.8 Å². The van der Waals surface area contributed by atoms with E-state index >= 15 is 0 Å². The van der Waals surface area contributed by atoms with Crippen molar-refractivity contribution in [3.05, 3.63) is 23.8 Å². The van der Waals surface area contributed by atoms with Crippen LogP contribution < -0.4 is 9.47 Å². The van der Waals surface area contributed by atoms with Crippen LogP contribution in [0, 0.1) is 0 Å². The third-order valence-corrected chi connectivity index (χ3v) is 5.51. The minimum Gasteiger partial charge on any atom is -0.486 e. The number of aliphatic hydroxyl groups is 1. The second-order valence-corrected chi connectivity index (χ2v) is 7.58. The minimum absolute atomic E-state index is 0.0280. The van der Waals surface area contributed by atoms with Crippen molar-refractivity contribution in [3.8, 4) is 11.5 Å². The lowest BCUT2D eigenvalue weighted by Crippen LogP contribution is -2.54. The minimum atomic E-state index is -0.673. The highest BCUT2D eigenvalue weighted by Gasteiger charge is 2.45. The molecule has 0 saturated carbocycles. The van der Waals surface area contributed by atoms with Gasteiger partial charge in [0.2, 0.25) is 0 Å². The van der Waals surface area contributed by atoms with Crippen LogP contribution in [0.2, 0.25) is 0 Å². The van der Waals surface area contributed by atoms with E-state index in [1.54, 1.807) is 6.07 Å². The summed E-state index contributed by atoms with van der Waals surface area (Å²) in [6.07, 6.45) is 2.81. The van der Waals surface area contributed by atoms with Gasteiger partial charge in [-0.3, -0.25) is 4.79 Å². The van der Waals surface area contributed by atoms with Crippen molar-refractivity contribution < 1.29 is 24.1 Å². The Morgan fingerprint density at radius 2 is 1.88 bits per heavy atom. The lowest BCUT2D eigenvalue weighted by Gasteiger charge is -2.48. The highest BCUT2D eigenvalue weighted by Crippen LogP contribution is 2.40. The van der Waals surface area contributed by atoms with Gasteiger partial charge in [-0.05, 0) is 38.3 Å². The molecular weight excluding hydrogens is 322 g/mol. The second-order valence-electron chi connectivity index (χ2n) is 7.58. The van der Waals surface area contributed by atoms with Gasteiger partial charge in [-0.15, -0.1) is 0 Å². The zero-order valence-corrected chi connectivity index (χ0v) is 14.6. The second kappa shape index (κ2) is 6.18. The zero-order chi connectivity index (χ0) is 17.5. The number of amides is 1. The number of fused-ring (bicyclic) bond motifs is 1. The van der Waals surface area contributed by atoms with Crippen molar-refractivity contribution in [2.24, 2.45) is 0 Å². The zero-order valence-electron chi connectivity index (χ0n) is 14.6. The van der Waals surface area contributed by atoms with Gasteiger partial charge in [0.25, 0.3) is 5.91 Å². The van der Waals surface area contributed by atoms with Gasteiger partial charge in [-0.25, -0.2) is 0 Å². The fourth-order valence-corrected chi connectivity index (χ4v) is 4.17. The average Bonchev–Trinajstić information content (AvgIpc) is 2.60. The molecular formula is C19H25NO5. The molecule has 2 saturated heterocycles. The van der Waals surface area contributed by atoms with Crippen LogP contribution in [0.3, 0.4) is 0 Å². The van der Waals surface area contributed by atoms with Crippen molar-refractivity contribution in [2.75, 3.05) is 32.9 Å². The number of rotatable bonds is 1. The van der Waals surface area contributed by atoms with E-state index < -0.39 is 5.60 Å². The first kappa shape index (κ1) is 16.7. The predicted octanol–water partition coefficient (Wildman–Crippen LogP) is 1.99. The number of piperidine rings is 1. The van der Waals surface area contributed by atoms with Crippen LogP contribution in [-0.4, -0.2) is 60.0 Å². The van der Waals surface area contributed by atoms with E-state index in [1.807, 2.05) is 24.0 Å². The van der Waals surface area contributed by atoms with E-state index in [0.717, 1.165) is 12.8 Å². The Hall–Kier alpha value is -1.79. The van der Waals surface area contributed by atoms with Crippen LogP contribution in [0.15, 0.2) is 18.2 Å². The van der Waals surface area contributed by atoms with Crippen molar-refractivity contribution >= 4 is 5.91 Å². The molecule has 1 N–H and O–H groups in total. The summed E-state index contributed by atoms with van der Waals surface area (Å²) in [5.41, 5.74) is -0.410. The predicted molar refractivity (Wildman–Crippen MR) is 91.1 cm³/mol. The number of carbonyl (C=O) groups is 1. The summed E-state index contributed by atoms with van der Waals surface area (Å²) in [5, 5.41) is 10.4. The fraction of sp³-hybridized carbons (Fsp3) is 0.632. The summed E-state index contributed by atoms with van der Waals surface area (Å²) in [5.74, 6) is 1.16. The molecule has 1 aromatic rings. The molecule has 1 unspecified atom stereocenters. The molecule has 3 heterocycles. The van der Waals surface area contributed by atoms with Crippen LogP contribution >= 0.6 is 0 Å². The van der Waals surface area contributed by atoms with Crippen molar-refractivity contribution in [1.82, 2.24) is 4.90 Å². The van der Waals surface area contributed by atoms with Crippen molar-refractivity contribution in [3.63, 3.8) is 0 Å². The quantitative estimate of drug-likeness (QED) is 0.841. The standard InChI is InChI=1S/C19H25NO5/c1-18(22)7-10-25-19(13-18)5-8-20(9-6-19)17(21)14-3-2-4-15-16(14)24-12-11-23-15/h2-4,22H,5-13H2,1H3. The average molecular weight is 347 g/mol. The van der Waals surface area contributed by atoms with Gasteiger partial charge in [0.1, 0.15) is 13.2 Å². The number of ether oxygens (including phenoxy) is 3. The first-order valence-electron chi connectivity index (χ1n) is 9.02. The van der Waals surface area contributed by atoms with Crippen LogP contribution in [0.25, 0.3) is 0 Å². The number of hydrogen-bond donors (Lipinski definition) is 1. The third-order valence-electron chi connectivity index (χ3n) is 5.51. The van der Waals surface area contributed by atoms with Gasteiger partial charge < -0.3 is 24.2 Å². The molecule has 3 aliphatic rings. The molecule has 0 radical (unpaired) electrons. The summed E-state index contributed by atoms with van der Waals surface area (Å²) in [7, 11) is 0. The van der Waals surface area contributed by atoms with Gasteiger partial charge in [0.05, 0.1) is 23.4 Å². The summed E-state index contributed by atoms with van der Waals surface area (Å²) >= 11 is 0. The molecule has 25 heavy (non-hydrogen) atoms. The molecule has 6 nitrogen and oxygen atoms in total. The Morgan fingerprint density at radius 1 is 1.12 bits per heavy atom. The van der Waals surface area contributed by atoms with Crippen LogP contribution in [0.4, 0.5) is 0 Å². The first-order chi connectivity index (χ1) is 12.0. The Bertz CT molecular complexity index is 664. The Morgan fingerprint density at radius 3 is 2.64 bits per heavy atom. The normalized spacial score (nSPS) is 28.0. The fourth-order valence-electron chi connectivity index (χ4n) is 4.17. The summed E-state index contributed by atoms with van der Waals surface area (Å²) in [6.45, 7) is 4.68. The van der Waals surface area contributed by atoms with Crippen LogP contribution in [-0.2, 0) is 4.74 Å². The van der Waals surface area contributed by atoms with E-state index in [1.165, 1.54) is 0 Å². The maximum atomic E-state index is 13.0. The van der Waals surface area contributed by atoms with Gasteiger partial charge >= 0.3 is 0 Å². The smallest absolute Gasteiger partial charge is 0.257 e. The highest BCUT2D eigenvalue weighted by molar-refractivity contribution is 5.98. The molecule has 1 aromatic carbocycles. The van der Waals surface area contributed by atoms with E-state index in [-0.39, 0.29) is 11.5 Å². The highest BCUT2D eigenvalue weighted by atomic mass is 16.6. The summed E-state index contributed by atoms with van der Waals surface area (Å²) in [6, 6.07) is 5.45. The topological polar surface area (TPSA) is 68.2 Å². The summed E-state index contributed by atoms with van der Waals surface area (Å²) < 4.78 is 17.3. The molecule has 1 atom stereocenters. The summed E-state index contributed by atoms with van der Waals surface area (Å²) in [4.78, 5) is 14.8. The van der Waals surface area contributed by atoms with Gasteiger partial charge in [-0.1, -0.05) is 6.07 Å². The molecule has 0 aromatic heterocycles. The Balaban J connectivity index is 1.47. The molecule has 0 aliphatic carbocycles. The largest absolute Gasteiger partial charge is 0.486 e. The maximum absolute atomic E-state index is 13.0. The number of hydrogen-bond acceptors (Lipinski definition) is 5. The molecule has 1 spiro atoms. The van der Waals surface area contributed by atoms with Crippen LogP contribution in [0.5, 0.6) is 11.5 Å². The number of likely N-dealkylation sites (tertiary alicyclic amines) is 1. The lowest BCUT2D eigenvalue weighted by molar-refractivity contribution is -0.170. The molecule has 4 rings (SSSR count). The molecule has 3 aliphatic heterocycles. The maximum Gasteiger partial charge on any atom is 0.257 e. The number of nitrogens with zero attached hydrogens (tertiary/aromatic N) is 1. The van der Waals surface area contributed by atoms with E-state index in [9.17, 15) is 9.90 Å². The monoisotopic (exact) mass is 347 g/mol. The van der Waals surface area contributed by atoms with Crippen LogP contribution in [0.1, 0.15) is 43.0 Å². The van der Waals surface area contributed by atoms with Gasteiger partial charge in [-0.2, -0.15) is 0 Å². The number of carbonyl (C=O) groups excluding carboxylic acids is 1. The SMILES string of the molecule is CC1(O)CCOC2(CCN(C(=O)c3cccc4c3OCCO4)CC2)C1. The van der Waals surface area contributed by atoms with E-state index in [2.05, 4.69) is 0 Å². The van der Waals surface area contributed by atoms with Crippen molar-refractivity contribution in [1.29, 1.82) is 0 Å². The van der Waals surface area contributed by atoms with Gasteiger partial charge in [0, 0.05) is 19.5 Å². The van der Waals surface area contributed by atoms with Gasteiger partial charge in [0.15, 0.2) is 11.5 Å². The third kappa shape index (κ3) is 3.20. The Labute approximate surface area is 147 Å².